The predicted molar refractivity (Wildman–Crippen MR) is 143 cm³/mol. The van der Waals surface area contributed by atoms with Crippen molar-refractivity contribution in [2.75, 3.05) is 16.8 Å². The van der Waals surface area contributed by atoms with E-state index in [0.29, 0.717) is 18.0 Å². The van der Waals surface area contributed by atoms with Crippen LogP contribution in [0.15, 0.2) is 78.9 Å². The Morgan fingerprint density at radius 3 is 2.39 bits per heavy atom. The molecule has 1 N–H and O–H groups in total. The highest BCUT2D eigenvalue weighted by molar-refractivity contribution is 7.80. The molecule has 0 bridgehead atoms. The van der Waals surface area contributed by atoms with Crippen molar-refractivity contribution in [2.45, 2.75) is 38.5 Å². The minimum atomic E-state index is -4.58. The number of anilines is 2. The van der Waals surface area contributed by atoms with Crippen LogP contribution in [-0.4, -0.2) is 34.5 Å². The van der Waals surface area contributed by atoms with E-state index in [1.54, 1.807) is 29.2 Å². The zero-order valence-corrected chi connectivity index (χ0v) is 21.4. The van der Waals surface area contributed by atoms with Gasteiger partial charge in [-0.15, -0.1) is 0 Å². The number of nitrogens with zero attached hydrogens (tertiary/aromatic N) is 2. The number of carbonyl (C=O) groups is 2. The van der Waals surface area contributed by atoms with Crippen molar-refractivity contribution in [1.82, 2.24) is 4.90 Å². The van der Waals surface area contributed by atoms with Crippen LogP contribution in [0.4, 0.5) is 24.5 Å². The number of halogens is 3. The molecule has 2 amide bonds. The van der Waals surface area contributed by atoms with E-state index in [2.05, 4.69) is 5.32 Å². The quantitative estimate of drug-likeness (QED) is 0.336. The molecule has 0 spiro atoms. The second-order valence-corrected chi connectivity index (χ2v) is 9.12. The topological polar surface area (TPSA) is 61.9 Å². The molecule has 1 unspecified atom stereocenters. The Bertz CT molecular complexity index is 1300. The number of hydrogen-bond acceptors (Lipinski definition) is 4. The molecular formula is C28H26F3N3O3S. The predicted octanol–water partition coefficient (Wildman–Crippen LogP) is 6.03. The van der Waals surface area contributed by atoms with E-state index in [1.807, 2.05) is 37.3 Å². The number of hydrogen-bond donors (Lipinski definition) is 1. The van der Waals surface area contributed by atoms with Crippen LogP contribution < -0.4 is 15.0 Å². The minimum absolute atomic E-state index is 0.00142. The minimum Gasteiger partial charge on any atom is -0.494 e. The van der Waals surface area contributed by atoms with E-state index in [0.717, 1.165) is 29.0 Å². The van der Waals surface area contributed by atoms with Crippen molar-refractivity contribution in [3.63, 3.8) is 0 Å². The first-order chi connectivity index (χ1) is 18.2. The van der Waals surface area contributed by atoms with Gasteiger partial charge < -0.3 is 15.0 Å². The van der Waals surface area contributed by atoms with Crippen LogP contribution >= 0.6 is 12.2 Å². The van der Waals surface area contributed by atoms with Crippen molar-refractivity contribution in [2.24, 2.45) is 0 Å². The van der Waals surface area contributed by atoms with Gasteiger partial charge >= 0.3 is 6.18 Å². The van der Waals surface area contributed by atoms with Crippen LogP contribution in [0.25, 0.3) is 0 Å². The van der Waals surface area contributed by atoms with Gasteiger partial charge in [0.2, 0.25) is 5.91 Å². The number of alkyl halides is 3. The lowest BCUT2D eigenvalue weighted by Crippen LogP contribution is -2.37. The van der Waals surface area contributed by atoms with Crippen LogP contribution in [-0.2, 0) is 22.3 Å². The molecule has 1 saturated heterocycles. The Kier molecular flexibility index (Phi) is 8.31. The van der Waals surface area contributed by atoms with E-state index in [9.17, 15) is 22.8 Å². The summed E-state index contributed by atoms with van der Waals surface area (Å²) in [5.41, 5.74) is 0.462. The Labute approximate surface area is 224 Å². The summed E-state index contributed by atoms with van der Waals surface area (Å²) < 4.78 is 45.6. The molecule has 3 aromatic carbocycles. The van der Waals surface area contributed by atoms with Crippen LogP contribution in [0.5, 0.6) is 5.75 Å². The van der Waals surface area contributed by atoms with Gasteiger partial charge in [-0.05, 0) is 66.7 Å². The fourth-order valence-electron chi connectivity index (χ4n) is 4.09. The van der Waals surface area contributed by atoms with Gasteiger partial charge in [0, 0.05) is 12.2 Å². The first kappa shape index (κ1) is 27.1. The molecule has 38 heavy (non-hydrogen) atoms. The van der Waals surface area contributed by atoms with Crippen LogP contribution in [0.1, 0.15) is 30.9 Å². The van der Waals surface area contributed by atoms with E-state index >= 15 is 0 Å². The molecule has 0 saturated carbocycles. The summed E-state index contributed by atoms with van der Waals surface area (Å²) in [4.78, 5) is 29.2. The Morgan fingerprint density at radius 2 is 1.74 bits per heavy atom. The molecule has 1 heterocycles. The normalized spacial score (nSPS) is 15.6. The lowest BCUT2D eigenvalue weighted by Gasteiger charge is -2.24. The zero-order chi connectivity index (χ0) is 27.3. The molecule has 10 heteroatoms. The lowest BCUT2D eigenvalue weighted by molar-refractivity contribution is -0.137. The first-order valence-corrected chi connectivity index (χ1v) is 12.5. The van der Waals surface area contributed by atoms with Gasteiger partial charge in [-0.25, -0.2) is 0 Å². The van der Waals surface area contributed by atoms with Gasteiger partial charge in [0.25, 0.3) is 5.91 Å². The molecule has 6 nitrogen and oxygen atoms in total. The van der Waals surface area contributed by atoms with E-state index in [-0.39, 0.29) is 23.8 Å². The maximum Gasteiger partial charge on any atom is 0.416 e. The van der Waals surface area contributed by atoms with Gasteiger partial charge in [-0.2, -0.15) is 13.2 Å². The highest BCUT2D eigenvalue weighted by atomic mass is 32.1. The molecular weight excluding hydrogens is 515 g/mol. The van der Waals surface area contributed by atoms with E-state index in [1.165, 1.54) is 12.1 Å². The number of ether oxygens (including phenoxy) is 1. The van der Waals surface area contributed by atoms with Crippen LogP contribution in [0.2, 0.25) is 0 Å². The Balaban J connectivity index is 1.57. The average molecular weight is 542 g/mol. The summed E-state index contributed by atoms with van der Waals surface area (Å²) in [7, 11) is 0. The van der Waals surface area contributed by atoms with Gasteiger partial charge in [-0.3, -0.25) is 14.5 Å². The smallest absolute Gasteiger partial charge is 0.416 e. The average Bonchev–Trinajstić information content (AvgIpc) is 3.12. The number of rotatable bonds is 9. The molecule has 0 radical (unpaired) electrons. The Hall–Kier alpha value is -3.92. The third-order valence-corrected chi connectivity index (χ3v) is 6.35. The van der Waals surface area contributed by atoms with Crippen molar-refractivity contribution < 1.29 is 27.5 Å². The number of thiocarbonyl (C=S) groups is 1. The summed E-state index contributed by atoms with van der Waals surface area (Å²) in [5, 5.41) is 2.81. The first-order valence-electron chi connectivity index (χ1n) is 12.1. The second-order valence-electron chi connectivity index (χ2n) is 8.76. The summed E-state index contributed by atoms with van der Waals surface area (Å²) in [6, 6.07) is 19.5. The summed E-state index contributed by atoms with van der Waals surface area (Å²) in [5.74, 6) is -0.326. The lowest BCUT2D eigenvalue weighted by atomic mass is 10.1. The highest BCUT2D eigenvalue weighted by Gasteiger charge is 2.44. The monoisotopic (exact) mass is 541 g/mol. The van der Waals surface area contributed by atoms with Crippen LogP contribution in [0.3, 0.4) is 0 Å². The largest absolute Gasteiger partial charge is 0.494 e. The van der Waals surface area contributed by atoms with Crippen LogP contribution in [0, 0.1) is 0 Å². The van der Waals surface area contributed by atoms with E-state index in [4.69, 9.17) is 17.0 Å². The second kappa shape index (κ2) is 11.6. The van der Waals surface area contributed by atoms with Crippen molar-refractivity contribution >= 4 is 40.5 Å². The number of nitrogens with one attached hydrogen (secondary N) is 1. The number of benzene rings is 3. The van der Waals surface area contributed by atoms with E-state index < -0.39 is 29.6 Å². The molecule has 1 aliphatic heterocycles. The van der Waals surface area contributed by atoms with Gasteiger partial charge in [0.1, 0.15) is 11.8 Å². The molecule has 0 aliphatic carbocycles. The zero-order valence-electron chi connectivity index (χ0n) is 20.6. The summed E-state index contributed by atoms with van der Waals surface area (Å²) >= 11 is 5.57. The molecule has 1 fully saturated rings. The SMILES string of the molecule is CCCOc1ccc(NC(=O)CC2C(=O)N(c3cccc(C(F)(F)F)c3)C(=S)N2Cc2ccccc2)cc1. The molecule has 1 atom stereocenters. The number of carbonyl (C=O) groups excluding carboxylic acids is 2. The van der Waals surface area contributed by atoms with Gasteiger partial charge in [-0.1, -0.05) is 43.3 Å². The number of amides is 2. The maximum atomic E-state index is 13.5. The van der Waals surface area contributed by atoms with Gasteiger partial charge in [0.05, 0.1) is 24.3 Å². The highest BCUT2D eigenvalue weighted by Crippen LogP contribution is 2.34. The third-order valence-electron chi connectivity index (χ3n) is 5.94. The molecule has 1 aliphatic rings. The van der Waals surface area contributed by atoms with Gasteiger partial charge in [0.15, 0.2) is 5.11 Å². The fraction of sp³-hybridized carbons (Fsp3) is 0.250. The Morgan fingerprint density at radius 1 is 1.03 bits per heavy atom. The standard InChI is InChI=1S/C28H26F3N3O3S/c1-2-15-37-23-13-11-21(12-14-23)32-25(35)17-24-26(36)34(22-10-6-9-20(16-22)28(29,30)31)27(38)33(24)18-19-7-4-3-5-8-19/h3-14,16,24H,2,15,17-18H2,1H3,(H,32,35). The molecule has 0 aromatic heterocycles. The van der Waals surface area contributed by atoms with Crippen molar-refractivity contribution in [3.8, 4) is 5.75 Å². The summed E-state index contributed by atoms with van der Waals surface area (Å²) in [6.45, 7) is 2.79. The maximum absolute atomic E-state index is 13.5. The van der Waals surface area contributed by atoms with Crippen molar-refractivity contribution in [3.05, 3.63) is 90.0 Å². The molecule has 4 rings (SSSR count). The fourth-order valence-corrected chi connectivity index (χ4v) is 4.48. The third kappa shape index (κ3) is 6.31. The summed E-state index contributed by atoms with van der Waals surface area (Å²) in [6.07, 6.45) is -3.96. The molecule has 198 valence electrons. The van der Waals surface area contributed by atoms with Crippen molar-refractivity contribution in [1.29, 1.82) is 0 Å². The molecule has 3 aromatic rings.